The van der Waals surface area contributed by atoms with E-state index in [-0.39, 0.29) is 18.4 Å². The van der Waals surface area contributed by atoms with Gasteiger partial charge < -0.3 is 15.2 Å². The third-order valence-corrected chi connectivity index (χ3v) is 4.67. The fourth-order valence-corrected chi connectivity index (χ4v) is 3.82. The summed E-state index contributed by atoms with van der Waals surface area (Å²) in [5, 5.41) is 13.9. The predicted molar refractivity (Wildman–Crippen MR) is 85.5 cm³/mol. The molecule has 1 spiro atoms. The van der Waals surface area contributed by atoms with E-state index in [0.29, 0.717) is 12.8 Å². The van der Waals surface area contributed by atoms with Crippen LogP contribution in [-0.2, 0) is 15.1 Å². The number of ether oxygens (including phenoxy) is 1. The number of hydrogen-bond acceptors (Lipinski definition) is 3. The fraction of sp³-hybridized carbons (Fsp3) is 0.500. The van der Waals surface area contributed by atoms with Gasteiger partial charge in [0.2, 0.25) is 0 Å². The Hall–Kier alpha value is -1.65. The minimum absolute atomic E-state index is 0.124. The SMILES string of the molecule is C=CC[C@@]1(O)C[C@@H](CCC)OC2(C1)C(=O)Nc1ccccc12. The van der Waals surface area contributed by atoms with Gasteiger partial charge in [-0.15, -0.1) is 6.58 Å². The topological polar surface area (TPSA) is 58.6 Å². The molecular weight excluding hydrogens is 278 g/mol. The lowest BCUT2D eigenvalue weighted by Gasteiger charge is -2.45. The van der Waals surface area contributed by atoms with E-state index in [9.17, 15) is 9.90 Å². The van der Waals surface area contributed by atoms with E-state index in [1.54, 1.807) is 6.08 Å². The molecule has 0 bridgehead atoms. The normalized spacial score (nSPS) is 33.5. The molecule has 3 rings (SSSR count). The van der Waals surface area contributed by atoms with Crippen molar-refractivity contribution in [1.82, 2.24) is 0 Å². The summed E-state index contributed by atoms with van der Waals surface area (Å²) < 4.78 is 6.25. The molecule has 0 radical (unpaired) electrons. The number of nitrogens with one attached hydrogen (secondary N) is 1. The molecule has 0 saturated carbocycles. The summed E-state index contributed by atoms with van der Waals surface area (Å²) >= 11 is 0. The van der Waals surface area contributed by atoms with Crippen LogP contribution in [0.4, 0.5) is 5.69 Å². The third kappa shape index (κ3) is 2.36. The van der Waals surface area contributed by atoms with Gasteiger partial charge in [0.05, 0.1) is 11.7 Å². The molecule has 1 aromatic carbocycles. The largest absolute Gasteiger partial charge is 0.389 e. The van der Waals surface area contributed by atoms with Crippen molar-refractivity contribution in [3.8, 4) is 0 Å². The first kappa shape index (κ1) is 15.3. The molecular formula is C18H23NO3. The van der Waals surface area contributed by atoms with Crippen LogP contribution in [0.1, 0.15) is 44.6 Å². The highest BCUT2D eigenvalue weighted by Crippen LogP contribution is 2.50. The van der Waals surface area contributed by atoms with E-state index in [0.717, 1.165) is 24.1 Å². The van der Waals surface area contributed by atoms with Gasteiger partial charge in [0, 0.05) is 24.1 Å². The van der Waals surface area contributed by atoms with Crippen molar-refractivity contribution in [2.45, 2.75) is 56.3 Å². The summed E-state index contributed by atoms with van der Waals surface area (Å²) in [6.07, 6.45) is 4.67. The quantitative estimate of drug-likeness (QED) is 0.840. The Balaban J connectivity index is 2.04. The molecule has 3 atom stereocenters. The molecule has 2 N–H and O–H groups in total. The number of anilines is 1. The Bertz CT molecular complexity index is 600. The molecule has 1 amide bonds. The molecule has 1 fully saturated rings. The van der Waals surface area contributed by atoms with Crippen molar-refractivity contribution in [3.63, 3.8) is 0 Å². The number of rotatable bonds is 4. The molecule has 0 aromatic heterocycles. The third-order valence-electron chi connectivity index (χ3n) is 4.67. The van der Waals surface area contributed by atoms with E-state index in [4.69, 9.17) is 4.74 Å². The Labute approximate surface area is 131 Å². The summed E-state index contributed by atoms with van der Waals surface area (Å²) in [6, 6.07) is 7.58. The maximum absolute atomic E-state index is 12.7. The van der Waals surface area contributed by atoms with Crippen molar-refractivity contribution < 1.29 is 14.6 Å². The van der Waals surface area contributed by atoms with E-state index in [1.807, 2.05) is 24.3 Å². The molecule has 1 unspecified atom stereocenters. The number of carbonyl (C=O) groups excluding carboxylic acids is 1. The monoisotopic (exact) mass is 301 g/mol. The Morgan fingerprint density at radius 3 is 3.00 bits per heavy atom. The van der Waals surface area contributed by atoms with Gasteiger partial charge in [-0.3, -0.25) is 4.79 Å². The Kier molecular flexibility index (Phi) is 3.83. The zero-order valence-electron chi connectivity index (χ0n) is 13.0. The molecule has 1 aromatic rings. The predicted octanol–water partition coefficient (Wildman–Crippen LogP) is 3.12. The summed E-state index contributed by atoms with van der Waals surface area (Å²) in [5.41, 5.74) is -0.407. The average Bonchev–Trinajstić information content (AvgIpc) is 2.71. The first-order valence-electron chi connectivity index (χ1n) is 7.95. The van der Waals surface area contributed by atoms with Crippen molar-refractivity contribution in [1.29, 1.82) is 0 Å². The molecule has 0 aliphatic carbocycles. The first-order valence-corrected chi connectivity index (χ1v) is 7.95. The second kappa shape index (κ2) is 5.52. The van der Waals surface area contributed by atoms with Gasteiger partial charge in [0.15, 0.2) is 5.60 Å². The maximum atomic E-state index is 12.7. The van der Waals surface area contributed by atoms with Crippen molar-refractivity contribution in [2.75, 3.05) is 5.32 Å². The van der Waals surface area contributed by atoms with Crippen molar-refractivity contribution >= 4 is 11.6 Å². The maximum Gasteiger partial charge on any atom is 0.261 e. The van der Waals surface area contributed by atoms with E-state index >= 15 is 0 Å². The minimum atomic E-state index is -1.08. The summed E-state index contributed by atoms with van der Waals surface area (Å²) in [7, 11) is 0. The number of aliphatic hydroxyl groups is 1. The van der Waals surface area contributed by atoms with Crippen LogP contribution in [0.2, 0.25) is 0 Å². The second-order valence-corrected chi connectivity index (χ2v) is 6.45. The number of fused-ring (bicyclic) bond motifs is 2. The summed E-state index contributed by atoms with van der Waals surface area (Å²) in [5.74, 6) is -0.169. The molecule has 2 heterocycles. The highest BCUT2D eigenvalue weighted by Gasteiger charge is 2.56. The molecule has 4 nitrogen and oxygen atoms in total. The van der Waals surface area contributed by atoms with Crippen molar-refractivity contribution in [2.24, 2.45) is 0 Å². The zero-order chi connectivity index (χ0) is 15.8. The van der Waals surface area contributed by atoms with Gasteiger partial charge in [-0.1, -0.05) is 37.6 Å². The van der Waals surface area contributed by atoms with E-state index in [1.165, 1.54) is 0 Å². The lowest BCUT2D eigenvalue weighted by atomic mass is 9.75. The van der Waals surface area contributed by atoms with Gasteiger partial charge in [-0.05, 0) is 18.9 Å². The number of amides is 1. The standard InChI is InChI=1S/C18H23NO3/c1-3-7-13-11-17(21,10-4-2)12-18(22-13)14-8-5-6-9-15(14)19-16(18)20/h4-6,8-9,13,21H,2-3,7,10-12H2,1H3,(H,19,20)/t13-,17-,18?/m1/s1. The van der Waals surface area contributed by atoms with E-state index in [2.05, 4.69) is 18.8 Å². The van der Waals surface area contributed by atoms with Crippen LogP contribution in [0.3, 0.4) is 0 Å². The zero-order valence-corrected chi connectivity index (χ0v) is 13.0. The molecule has 2 aliphatic rings. The smallest absolute Gasteiger partial charge is 0.261 e. The molecule has 4 heteroatoms. The van der Waals surface area contributed by atoms with E-state index < -0.39 is 11.2 Å². The van der Waals surface area contributed by atoms with Gasteiger partial charge in [0.25, 0.3) is 5.91 Å². The van der Waals surface area contributed by atoms with Crippen LogP contribution < -0.4 is 5.32 Å². The number of carbonyl (C=O) groups is 1. The molecule has 118 valence electrons. The van der Waals surface area contributed by atoms with Gasteiger partial charge in [-0.2, -0.15) is 0 Å². The van der Waals surface area contributed by atoms with Crippen LogP contribution in [-0.4, -0.2) is 22.7 Å². The van der Waals surface area contributed by atoms with Gasteiger partial charge in [-0.25, -0.2) is 0 Å². The van der Waals surface area contributed by atoms with Crippen LogP contribution in [0, 0.1) is 0 Å². The highest BCUT2D eigenvalue weighted by molar-refractivity contribution is 6.05. The highest BCUT2D eigenvalue weighted by atomic mass is 16.5. The summed E-state index contributed by atoms with van der Waals surface area (Å²) in [6.45, 7) is 5.83. The van der Waals surface area contributed by atoms with Crippen LogP contribution >= 0.6 is 0 Å². The second-order valence-electron chi connectivity index (χ2n) is 6.45. The van der Waals surface area contributed by atoms with Crippen molar-refractivity contribution in [3.05, 3.63) is 42.5 Å². The lowest BCUT2D eigenvalue weighted by Crippen LogP contribution is -2.53. The molecule has 2 aliphatic heterocycles. The summed E-state index contributed by atoms with van der Waals surface area (Å²) in [4.78, 5) is 12.7. The fourth-order valence-electron chi connectivity index (χ4n) is 3.82. The number of para-hydroxylation sites is 1. The van der Waals surface area contributed by atoms with Crippen LogP contribution in [0.5, 0.6) is 0 Å². The minimum Gasteiger partial charge on any atom is -0.389 e. The Morgan fingerprint density at radius 2 is 2.27 bits per heavy atom. The van der Waals surface area contributed by atoms with Crippen LogP contribution in [0.15, 0.2) is 36.9 Å². The average molecular weight is 301 g/mol. The van der Waals surface area contributed by atoms with Gasteiger partial charge >= 0.3 is 0 Å². The van der Waals surface area contributed by atoms with Gasteiger partial charge in [0.1, 0.15) is 0 Å². The number of benzene rings is 1. The molecule has 22 heavy (non-hydrogen) atoms. The Morgan fingerprint density at radius 1 is 1.50 bits per heavy atom. The first-order chi connectivity index (χ1) is 10.5. The molecule has 1 saturated heterocycles. The number of hydrogen-bond donors (Lipinski definition) is 2. The van der Waals surface area contributed by atoms with Crippen LogP contribution in [0.25, 0.3) is 0 Å². The lowest BCUT2D eigenvalue weighted by molar-refractivity contribution is -0.201.